The molecule has 3 aromatic rings. The average molecular weight is 404 g/mol. The van der Waals surface area contributed by atoms with Crippen LogP contribution in [0.15, 0.2) is 47.5 Å². The van der Waals surface area contributed by atoms with Crippen LogP contribution in [0.4, 0.5) is 17.6 Å². The van der Waals surface area contributed by atoms with Crippen molar-refractivity contribution in [2.45, 2.75) is 25.7 Å². The Balaban J connectivity index is 1.57. The second kappa shape index (κ2) is 7.40. The van der Waals surface area contributed by atoms with Crippen LogP contribution in [0, 0.1) is 5.82 Å². The van der Waals surface area contributed by atoms with Crippen molar-refractivity contribution in [3.05, 3.63) is 81.3 Å². The first-order chi connectivity index (χ1) is 13.8. The van der Waals surface area contributed by atoms with Gasteiger partial charge in [-0.3, -0.25) is 14.7 Å². The third-order valence-corrected chi connectivity index (χ3v) is 4.88. The summed E-state index contributed by atoms with van der Waals surface area (Å²) >= 11 is 0. The van der Waals surface area contributed by atoms with E-state index in [9.17, 15) is 22.4 Å². The van der Waals surface area contributed by atoms with Gasteiger partial charge in [0.25, 0.3) is 5.56 Å². The molecule has 9 heteroatoms. The lowest BCUT2D eigenvalue weighted by molar-refractivity contribution is -0.137. The number of aromatic amines is 1. The zero-order valence-corrected chi connectivity index (χ0v) is 15.1. The van der Waals surface area contributed by atoms with E-state index in [0.29, 0.717) is 48.2 Å². The summed E-state index contributed by atoms with van der Waals surface area (Å²) in [6.07, 6.45) is -0.975. The lowest BCUT2D eigenvalue weighted by Crippen LogP contribution is -2.35. The van der Waals surface area contributed by atoms with Crippen molar-refractivity contribution in [3.8, 4) is 11.4 Å². The molecule has 0 bridgehead atoms. The third kappa shape index (κ3) is 4.04. The molecule has 150 valence electrons. The van der Waals surface area contributed by atoms with Gasteiger partial charge in [0.2, 0.25) is 0 Å². The molecule has 1 aliphatic heterocycles. The molecule has 0 saturated heterocycles. The fraction of sp³-hybridized carbons (Fsp3) is 0.250. The number of nitrogens with one attached hydrogen (secondary N) is 1. The molecule has 0 fully saturated rings. The molecule has 29 heavy (non-hydrogen) atoms. The lowest BCUT2D eigenvalue weighted by Gasteiger charge is -2.28. The number of hydrogen-bond acceptors (Lipinski definition) is 4. The summed E-state index contributed by atoms with van der Waals surface area (Å²) in [5, 5.41) is 0. The van der Waals surface area contributed by atoms with E-state index < -0.39 is 17.6 Å². The van der Waals surface area contributed by atoms with Gasteiger partial charge < -0.3 is 4.98 Å². The lowest BCUT2D eigenvalue weighted by atomic mass is 10.0. The van der Waals surface area contributed by atoms with Gasteiger partial charge in [-0.15, -0.1) is 0 Å². The normalized spacial score (nSPS) is 14.6. The minimum Gasteiger partial charge on any atom is -0.306 e. The average Bonchev–Trinajstić information content (AvgIpc) is 2.69. The van der Waals surface area contributed by atoms with Gasteiger partial charge >= 0.3 is 6.18 Å². The van der Waals surface area contributed by atoms with E-state index in [0.717, 1.165) is 12.1 Å². The molecule has 0 unspecified atom stereocenters. The molecule has 4 rings (SSSR count). The van der Waals surface area contributed by atoms with Crippen LogP contribution in [-0.2, 0) is 25.7 Å². The largest absolute Gasteiger partial charge is 0.416 e. The van der Waals surface area contributed by atoms with E-state index in [1.807, 2.05) is 4.90 Å². The summed E-state index contributed by atoms with van der Waals surface area (Å²) in [5.41, 5.74) is 0.803. The summed E-state index contributed by atoms with van der Waals surface area (Å²) in [4.78, 5) is 25.5. The fourth-order valence-corrected chi connectivity index (χ4v) is 3.37. The zero-order chi connectivity index (χ0) is 20.6. The van der Waals surface area contributed by atoms with E-state index in [2.05, 4.69) is 15.0 Å². The van der Waals surface area contributed by atoms with Crippen LogP contribution in [0.2, 0.25) is 0 Å². The predicted octanol–water partition coefficient (Wildman–Crippen LogP) is 3.55. The van der Waals surface area contributed by atoms with Crippen LogP contribution < -0.4 is 5.56 Å². The van der Waals surface area contributed by atoms with Crippen molar-refractivity contribution in [2.24, 2.45) is 0 Å². The van der Waals surface area contributed by atoms with Gasteiger partial charge in [0, 0.05) is 48.7 Å². The number of H-pyrrole nitrogens is 1. The minimum absolute atomic E-state index is 0.127. The van der Waals surface area contributed by atoms with Crippen LogP contribution in [0.25, 0.3) is 11.4 Å². The highest BCUT2D eigenvalue weighted by molar-refractivity contribution is 5.54. The highest BCUT2D eigenvalue weighted by Gasteiger charge is 2.31. The number of fused-ring (bicyclic) bond motifs is 1. The molecule has 0 saturated carbocycles. The Kier molecular flexibility index (Phi) is 4.91. The van der Waals surface area contributed by atoms with Crippen molar-refractivity contribution in [1.82, 2.24) is 19.9 Å². The van der Waals surface area contributed by atoms with Gasteiger partial charge in [-0.25, -0.2) is 9.37 Å². The molecule has 0 aliphatic carbocycles. The molecule has 1 N–H and O–H groups in total. The van der Waals surface area contributed by atoms with Crippen LogP contribution >= 0.6 is 0 Å². The Labute approximate surface area is 163 Å². The highest BCUT2D eigenvalue weighted by atomic mass is 19.4. The second-order valence-electron chi connectivity index (χ2n) is 6.84. The number of benzene rings is 1. The Morgan fingerprint density at radius 3 is 2.59 bits per heavy atom. The third-order valence-electron chi connectivity index (χ3n) is 4.88. The van der Waals surface area contributed by atoms with E-state index in [4.69, 9.17) is 0 Å². The van der Waals surface area contributed by atoms with Crippen LogP contribution in [0.3, 0.4) is 0 Å². The molecule has 0 radical (unpaired) electrons. The van der Waals surface area contributed by atoms with E-state index in [1.165, 1.54) is 0 Å². The smallest absolute Gasteiger partial charge is 0.306 e. The Hall–Kier alpha value is -3.07. The SMILES string of the molecule is O=c1[nH]c(-c2ccncc2)nc2c1CCN(Cc1ccc(C(F)(F)F)cc1F)C2. The van der Waals surface area contributed by atoms with Crippen LogP contribution in [0.5, 0.6) is 0 Å². The number of rotatable bonds is 3. The maximum atomic E-state index is 14.2. The summed E-state index contributed by atoms with van der Waals surface area (Å²) in [6, 6.07) is 5.99. The molecular weight excluding hydrogens is 388 g/mol. The molecule has 0 atom stereocenters. The second-order valence-corrected chi connectivity index (χ2v) is 6.84. The Bertz CT molecular complexity index is 1100. The quantitative estimate of drug-likeness (QED) is 0.679. The van der Waals surface area contributed by atoms with Gasteiger partial charge in [0.15, 0.2) is 0 Å². The van der Waals surface area contributed by atoms with Crippen molar-refractivity contribution >= 4 is 0 Å². The fourth-order valence-electron chi connectivity index (χ4n) is 3.37. The topological polar surface area (TPSA) is 61.9 Å². The summed E-state index contributed by atoms with van der Waals surface area (Å²) in [7, 11) is 0. The predicted molar refractivity (Wildman–Crippen MR) is 97.3 cm³/mol. The summed E-state index contributed by atoms with van der Waals surface area (Å²) < 4.78 is 52.3. The molecule has 2 aromatic heterocycles. The van der Waals surface area contributed by atoms with Crippen molar-refractivity contribution < 1.29 is 17.6 Å². The molecule has 0 spiro atoms. The van der Waals surface area contributed by atoms with Crippen LogP contribution in [-0.4, -0.2) is 26.4 Å². The van der Waals surface area contributed by atoms with Gasteiger partial charge in [0.05, 0.1) is 11.3 Å². The number of aromatic nitrogens is 3. The maximum Gasteiger partial charge on any atom is 0.416 e. The Morgan fingerprint density at radius 1 is 1.14 bits per heavy atom. The first-order valence-corrected chi connectivity index (χ1v) is 8.92. The molecular formula is C20H16F4N4O. The van der Waals surface area contributed by atoms with Gasteiger partial charge in [0.1, 0.15) is 11.6 Å². The molecule has 5 nitrogen and oxygen atoms in total. The zero-order valence-electron chi connectivity index (χ0n) is 15.1. The first kappa shape index (κ1) is 19.3. The number of halogens is 4. The molecule has 1 aliphatic rings. The van der Waals surface area contributed by atoms with Crippen molar-refractivity contribution in [2.75, 3.05) is 6.54 Å². The van der Waals surface area contributed by atoms with Crippen molar-refractivity contribution in [1.29, 1.82) is 0 Å². The molecule has 0 amide bonds. The van der Waals surface area contributed by atoms with E-state index >= 15 is 0 Å². The Morgan fingerprint density at radius 2 is 1.90 bits per heavy atom. The van der Waals surface area contributed by atoms with E-state index in [-0.39, 0.29) is 17.7 Å². The number of alkyl halides is 3. The van der Waals surface area contributed by atoms with Gasteiger partial charge in [-0.05, 0) is 30.7 Å². The number of pyridine rings is 1. The maximum absolute atomic E-state index is 14.2. The molecule has 3 heterocycles. The first-order valence-electron chi connectivity index (χ1n) is 8.92. The van der Waals surface area contributed by atoms with Gasteiger partial charge in [-0.2, -0.15) is 13.2 Å². The van der Waals surface area contributed by atoms with Gasteiger partial charge in [-0.1, -0.05) is 6.07 Å². The van der Waals surface area contributed by atoms with Crippen LogP contribution in [0.1, 0.15) is 22.4 Å². The monoisotopic (exact) mass is 404 g/mol. The number of hydrogen-bond donors (Lipinski definition) is 1. The standard InChI is InChI=1S/C20H16F4N4O/c21-16-9-14(20(22,23)24)2-1-13(16)10-28-8-5-15-17(11-28)26-18(27-19(15)29)12-3-6-25-7-4-12/h1-4,6-7,9H,5,8,10-11H2,(H,26,27,29). The van der Waals surface area contributed by atoms with Crippen molar-refractivity contribution in [3.63, 3.8) is 0 Å². The number of nitrogens with zero attached hydrogens (tertiary/aromatic N) is 3. The molecule has 1 aromatic carbocycles. The minimum atomic E-state index is -4.59. The highest BCUT2D eigenvalue weighted by Crippen LogP contribution is 2.30. The van der Waals surface area contributed by atoms with E-state index in [1.54, 1.807) is 24.5 Å². The summed E-state index contributed by atoms with van der Waals surface area (Å²) in [6.45, 7) is 0.910. The summed E-state index contributed by atoms with van der Waals surface area (Å²) in [5.74, 6) is -0.485.